The molecule has 1 fully saturated rings. The van der Waals surface area contributed by atoms with Gasteiger partial charge in [-0.15, -0.1) is 0 Å². The fraction of sp³-hybridized carbons (Fsp3) is 0.510. The summed E-state index contributed by atoms with van der Waals surface area (Å²) < 4.78 is 11.2. The van der Waals surface area contributed by atoms with E-state index in [1.807, 2.05) is 39.0 Å². The molecule has 4 amide bonds. The number of nitriles is 1. The highest BCUT2D eigenvalue weighted by Crippen LogP contribution is 2.46. The van der Waals surface area contributed by atoms with E-state index in [1.165, 1.54) is 0 Å². The minimum absolute atomic E-state index is 0.0204. The van der Waals surface area contributed by atoms with Gasteiger partial charge in [0.1, 0.15) is 30.1 Å². The Morgan fingerprint density at radius 3 is 2.36 bits per heavy atom. The maximum absolute atomic E-state index is 14.1. The lowest BCUT2D eigenvalue weighted by Crippen LogP contribution is -2.58. The van der Waals surface area contributed by atoms with Crippen molar-refractivity contribution in [1.29, 1.82) is 5.26 Å². The quantitative estimate of drug-likeness (QED) is 0.0812. The first kappa shape index (κ1) is 50.0. The van der Waals surface area contributed by atoms with Gasteiger partial charge in [0, 0.05) is 78.8 Å². The van der Waals surface area contributed by atoms with E-state index in [0.29, 0.717) is 67.9 Å². The van der Waals surface area contributed by atoms with Crippen LogP contribution in [-0.4, -0.2) is 108 Å². The second-order valence-corrected chi connectivity index (χ2v) is 20.1. The number of ether oxygens (including phenoxy) is 2. The Balaban J connectivity index is 0.978. The van der Waals surface area contributed by atoms with Crippen molar-refractivity contribution >= 4 is 52.0 Å². The number of hydrogen-bond donors (Lipinski definition) is 5. The van der Waals surface area contributed by atoms with Gasteiger partial charge in [0.05, 0.1) is 17.2 Å². The van der Waals surface area contributed by atoms with E-state index < -0.39 is 40.5 Å². The smallest absolute Gasteiger partial charge is 0.408 e. The number of nitrogens with zero attached hydrogens (tertiary/aromatic N) is 4. The van der Waals surface area contributed by atoms with E-state index in [2.05, 4.69) is 63.7 Å². The van der Waals surface area contributed by atoms with Gasteiger partial charge >= 0.3 is 6.09 Å². The first-order chi connectivity index (χ1) is 31.6. The van der Waals surface area contributed by atoms with Crippen LogP contribution in [0.2, 0.25) is 0 Å². The summed E-state index contributed by atoms with van der Waals surface area (Å²) in [6, 6.07) is 13.5. The van der Waals surface area contributed by atoms with Crippen LogP contribution in [0.4, 0.5) is 16.3 Å². The predicted octanol–water partition coefficient (Wildman–Crippen LogP) is 6.07. The largest absolute Gasteiger partial charge is 0.444 e. The minimum Gasteiger partial charge on any atom is -0.444 e. The molecule has 3 heterocycles. The third-order valence-electron chi connectivity index (χ3n) is 12.5. The van der Waals surface area contributed by atoms with Crippen LogP contribution >= 0.6 is 0 Å². The van der Waals surface area contributed by atoms with Crippen molar-refractivity contribution in [1.82, 2.24) is 30.8 Å². The zero-order chi connectivity index (χ0) is 48.8. The van der Waals surface area contributed by atoms with Gasteiger partial charge in [0.25, 0.3) is 0 Å². The lowest BCUT2D eigenvalue weighted by Gasteiger charge is -2.39. The fourth-order valence-corrected chi connectivity index (χ4v) is 8.89. The van der Waals surface area contributed by atoms with Crippen LogP contribution in [0.3, 0.4) is 0 Å². The number of alkyl carbamates (subject to hydrolysis) is 1. The molecule has 6 N–H and O–H groups in total. The van der Waals surface area contributed by atoms with E-state index in [4.69, 9.17) is 15.2 Å². The number of nitrogen functional groups attached to an aromatic ring is 1. The van der Waals surface area contributed by atoms with E-state index in [1.54, 1.807) is 50.1 Å². The number of fused-ring (bicyclic) bond motifs is 4. The molecule has 16 nitrogen and oxygen atoms in total. The molecular formula is C51H67N9O7. The van der Waals surface area contributed by atoms with Gasteiger partial charge in [-0.05, 0) is 105 Å². The van der Waals surface area contributed by atoms with E-state index in [-0.39, 0.29) is 43.8 Å². The normalized spacial score (nSPS) is 15.5. The number of aryl methyl sites for hydroxylation is 2. The van der Waals surface area contributed by atoms with Crippen molar-refractivity contribution < 1.29 is 33.4 Å². The second-order valence-electron chi connectivity index (χ2n) is 20.1. The number of amides is 4. The molecule has 6 rings (SSSR count). The summed E-state index contributed by atoms with van der Waals surface area (Å²) in [6.07, 6.45) is 3.35. The number of nitrogens with one attached hydrogen (secondary N) is 4. The molecule has 0 spiro atoms. The number of benzene rings is 2. The molecule has 0 bridgehead atoms. The number of ketones is 1. The Bertz CT molecular complexity index is 2540. The summed E-state index contributed by atoms with van der Waals surface area (Å²) in [5, 5.41) is 18.8. The van der Waals surface area contributed by atoms with E-state index in [9.17, 15) is 29.2 Å². The van der Waals surface area contributed by atoms with Crippen LogP contribution < -0.4 is 26.6 Å². The number of nitrogens with two attached hydrogens (primary N) is 1. The van der Waals surface area contributed by atoms with Crippen molar-refractivity contribution in [3.8, 4) is 6.07 Å². The van der Waals surface area contributed by atoms with Crippen molar-refractivity contribution in [2.45, 2.75) is 118 Å². The van der Waals surface area contributed by atoms with E-state index >= 15 is 0 Å². The van der Waals surface area contributed by atoms with Crippen molar-refractivity contribution in [2.75, 3.05) is 56.6 Å². The predicted molar refractivity (Wildman–Crippen MR) is 258 cm³/mol. The number of rotatable bonds is 16. The Morgan fingerprint density at radius 1 is 0.970 bits per heavy atom. The molecule has 0 radical (unpaired) electrons. The zero-order valence-electron chi connectivity index (χ0n) is 40.5. The summed E-state index contributed by atoms with van der Waals surface area (Å²) in [4.78, 5) is 79.1. The molecular weight excluding hydrogens is 851 g/mol. The molecule has 0 unspecified atom stereocenters. The molecule has 2 aromatic carbocycles. The van der Waals surface area contributed by atoms with E-state index in [0.717, 1.165) is 45.4 Å². The second kappa shape index (κ2) is 20.6. The highest BCUT2D eigenvalue weighted by molar-refractivity contribution is 6.20. The first-order valence-electron chi connectivity index (χ1n) is 23.3. The third-order valence-corrected chi connectivity index (χ3v) is 12.5. The standard InChI is InChI=1S/C51H67N9O7/c1-10-32-27-35-36(51(8,9)43-41(42(35)62)34-18-17-31(29-52)26-38(34)56-43)28-39(32)59-21-23-60(24-22-59)40(61)30-66-25-13-20-55-47(64)44(49(2,3)4)58-46(63)37(57-48(65)67-50(5,6)7)16-11-14-33-15-12-19-54-45(33)53/h12,15,17-19,26-28,37,44,56H,10-11,13-14,16,20-25,30H2,1-9H3,(H2,53,54)(H,55,64)(H,57,65)(H,58,63)/t37-,44+/m0/s1. The average molecular weight is 918 g/mol. The van der Waals surface area contributed by atoms with Gasteiger partial charge in [-0.3, -0.25) is 19.2 Å². The number of piperazine rings is 1. The summed E-state index contributed by atoms with van der Waals surface area (Å²) in [7, 11) is 0. The highest BCUT2D eigenvalue weighted by Gasteiger charge is 2.41. The zero-order valence-corrected chi connectivity index (χ0v) is 40.5. The van der Waals surface area contributed by atoms with Crippen molar-refractivity contribution in [2.24, 2.45) is 5.41 Å². The monoisotopic (exact) mass is 918 g/mol. The van der Waals surface area contributed by atoms with Crippen LogP contribution in [-0.2, 0) is 42.1 Å². The summed E-state index contributed by atoms with van der Waals surface area (Å²) >= 11 is 0. The molecule has 16 heteroatoms. The van der Waals surface area contributed by atoms with Gasteiger partial charge < -0.3 is 45.9 Å². The number of pyridine rings is 1. The van der Waals surface area contributed by atoms with Gasteiger partial charge in [-0.2, -0.15) is 5.26 Å². The number of hydrogen-bond acceptors (Lipinski definition) is 11. The molecule has 0 saturated carbocycles. The molecule has 2 aromatic heterocycles. The van der Waals surface area contributed by atoms with Gasteiger partial charge in [0.15, 0.2) is 5.78 Å². The number of anilines is 2. The SMILES string of the molecule is CCc1cc2c(cc1N1CCN(C(=O)COCCCNC(=O)[C@@H](NC(=O)[C@H](CCCc3cccnc3N)NC(=O)OC(C)(C)C)C(C)(C)C)CC1)C(C)(C)c1[nH]c3cc(C#N)ccc3c1C2=O. The summed E-state index contributed by atoms with van der Waals surface area (Å²) in [6.45, 7) is 19.8. The number of aromatic nitrogens is 2. The maximum atomic E-state index is 14.1. The Labute approximate surface area is 393 Å². The summed E-state index contributed by atoms with van der Waals surface area (Å²) in [5.41, 5.74) is 11.5. The van der Waals surface area contributed by atoms with Crippen LogP contribution in [0.5, 0.6) is 0 Å². The Morgan fingerprint density at radius 2 is 1.70 bits per heavy atom. The van der Waals surface area contributed by atoms with Crippen LogP contribution in [0.15, 0.2) is 48.7 Å². The van der Waals surface area contributed by atoms with Crippen LogP contribution in [0.1, 0.15) is 125 Å². The lowest BCUT2D eigenvalue weighted by atomic mass is 9.70. The highest BCUT2D eigenvalue weighted by atomic mass is 16.6. The molecule has 67 heavy (non-hydrogen) atoms. The van der Waals surface area contributed by atoms with Crippen LogP contribution in [0, 0.1) is 16.7 Å². The molecule has 1 aliphatic carbocycles. The van der Waals surface area contributed by atoms with Gasteiger partial charge in [-0.25, -0.2) is 9.78 Å². The Hall–Kier alpha value is -6.47. The van der Waals surface area contributed by atoms with Crippen molar-refractivity contribution in [3.05, 3.63) is 87.7 Å². The molecule has 4 aromatic rings. The number of carbonyl (C=O) groups excluding carboxylic acids is 5. The summed E-state index contributed by atoms with van der Waals surface area (Å²) in [5.74, 6) is -0.627. The first-order valence-corrected chi connectivity index (χ1v) is 23.3. The fourth-order valence-electron chi connectivity index (χ4n) is 8.89. The van der Waals surface area contributed by atoms with Gasteiger partial charge in [0.2, 0.25) is 17.7 Å². The average Bonchev–Trinajstić information content (AvgIpc) is 3.67. The lowest BCUT2D eigenvalue weighted by molar-refractivity contribution is -0.136. The molecule has 2 atom stereocenters. The minimum atomic E-state index is -0.978. The van der Waals surface area contributed by atoms with Crippen molar-refractivity contribution in [3.63, 3.8) is 0 Å². The molecule has 2 aliphatic rings. The molecule has 1 saturated heterocycles. The van der Waals surface area contributed by atoms with Gasteiger partial charge in [-0.1, -0.05) is 53.7 Å². The maximum Gasteiger partial charge on any atom is 0.408 e. The molecule has 358 valence electrons. The topological polar surface area (TPSA) is 225 Å². The number of H-pyrrole nitrogens is 1. The Kier molecular flexibility index (Phi) is 15.3. The number of aromatic amines is 1. The molecule has 1 aliphatic heterocycles. The number of carbonyl (C=O) groups is 5. The van der Waals surface area contributed by atoms with Crippen LogP contribution in [0.25, 0.3) is 10.9 Å². The third kappa shape index (κ3) is 11.7.